The maximum absolute atomic E-state index is 12.3. The molecule has 0 aromatic heterocycles. The van der Waals surface area contributed by atoms with Crippen LogP contribution in [0.15, 0.2) is 42.5 Å². The van der Waals surface area contributed by atoms with E-state index >= 15 is 0 Å². The van der Waals surface area contributed by atoms with Gasteiger partial charge in [-0.3, -0.25) is 10.1 Å². The Labute approximate surface area is 159 Å². The Morgan fingerprint density at radius 2 is 1.88 bits per heavy atom. The van der Waals surface area contributed by atoms with Crippen molar-refractivity contribution in [3.05, 3.63) is 53.6 Å². The number of ether oxygens (including phenoxy) is 1. The molecule has 1 amide bonds. The number of thiocarbonyl (C=S) groups is 1. The first-order valence-electron chi connectivity index (χ1n) is 8.62. The monoisotopic (exact) mass is 372 g/mol. The number of amides is 1. The van der Waals surface area contributed by atoms with Crippen molar-refractivity contribution in [2.45, 2.75) is 33.1 Å². The van der Waals surface area contributed by atoms with Crippen molar-refractivity contribution in [3.63, 3.8) is 0 Å². The first kappa shape index (κ1) is 19.7. The molecule has 0 aliphatic heterocycles. The summed E-state index contributed by atoms with van der Waals surface area (Å²) in [6.45, 7) is 6.68. The highest BCUT2D eigenvalue weighted by Gasteiger charge is 2.11. The van der Waals surface area contributed by atoms with E-state index in [1.807, 2.05) is 19.1 Å². The van der Waals surface area contributed by atoms with Gasteiger partial charge in [0.15, 0.2) is 5.11 Å². The Bertz CT molecular complexity index is 775. The fourth-order valence-electron chi connectivity index (χ4n) is 2.39. The Kier molecular flexibility index (Phi) is 6.97. The summed E-state index contributed by atoms with van der Waals surface area (Å²) in [6, 6.07) is 12.2. The maximum atomic E-state index is 12.3. The van der Waals surface area contributed by atoms with Gasteiger partial charge in [-0.15, -0.1) is 0 Å². The van der Waals surface area contributed by atoms with Crippen LogP contribution in [0.3, 0.4) is 0 Å². The lowest BCUT2D eigenvalue weighted by atomic mass is 9.98. The first-order chi connectivity index (χ1) is 12.4. The van der Waals surface area contributed by atoms with Crippen LogP contribution in [-0.2, 0) is 0 Å². The summed E-state index contributed by atoms with van der Waals surface area (Å²) in [7, 11) is 0. The van der Waals surface area contributed by atoms with Crippen molar-refractivity contribution in [2.24, 2.45) is 0 Å². The van der Waals surface area contributed by atoms with E-state index in [0.717, 1.165) is 12.0 Å². The van der Waals surface area contributed by atoms with E-state index < -0.39 is 0 Å². The third-order valence-corrected chi connectivity index (χ3v) is 4.31. The molecule has 6 heteroatoms. The molecule has 0 fully saturated rings. The van der Waals surface area contributed by atoms with Crippen LogP contribution in [0.1, 0.15) is 49.0 Å². The zero-order chi connectivity index (χ0) is 19.1. The van der Waals surface area contributed by atoms with Gasteiger partial charge >= 0.3 is 0 Å². The van der Waals surface area contributed by atoms with E-state index in [1.54, 1.807) is 30.3 Å². The summed E-state index contributed by atoms with van der Waals surface area (Å²) in [6.07, 6.45) is 0.989. The maximum Gasteiger partial charge on any atom is 0.257 e. The molecule has 0 aliphatic rings. The molecule has 0 radical (unpaired) electrons. The van der Waals surface area contributed by atoms with Crippen molar-refractivity contribution < 1.29 is 14.6 Å². The molecule has 2 aromatic rings. The van der Waals surface area contributed by atoms with E-state index in [1.165, 1.54) is 0 Å². The molecule has 0 saturated heterocycles. The highest BCUT2D eigenvalue weighted by Crippen LogP contribution is 2.29. The molecule has 1 unspecified atom stereocenters. The van der Waals surface area contributed by atoms with Crippen LogP contribution in [-0.4, -0.2) is 22.7 Å². The van der Waals surface area contributed by atoms with Gasteiger partial charge in [-0.1, -0.05) is 19.9 Å². The van der Waals surface area contributed by atoms with Crippen LogP contribution in [0.4, 0.5) is 5.69 Å². The number of rotatable bonds is 6. The number of phenols is 1. The first-order valence-corrected chi connectivity index (χ1v) is 9.03. The second-order valence-corrected chi connectivity index (χ2v) is 6.36. The molecule has 2 aromatic carbocycles. The Balaban J connectivity index is 2.02. The van der Waals surface area contributed by atoms with E-state index in [4.69, 9.17) is 17.0 Å². The zero-order valence-corrected chi connectivity index (χ0v) is 16.0. The van der Waals surface area contributed by atoms with Gasteiger partial charge in [-0.05, 0) is 73.4 Å². The van der Waals surface area contributed by atoms with Gasteiger partial charge < -0.3 is 15.2 Å². The second-order valence-electron chi connectivity index (χ2n) is 5.95. The predicted molar refractivity (Wildman–Crippen MR) is 108 cm³/mol. The van der Waals surface area contributed by atoms with Gasteiger partial charge in [-0.25, -0.2) is 0 Å². The van der Waals surface area contributed by atoms with Crippen molar-refractivity contribution in [1.82, 2.24) is 5.32 Å². The van der Waals surface area contributed by atoms with E-state index in [0.29, 0.717) is 29.5 Å². The number of benzene rings is 2. The minimum absolute atomic E-state index is 0.0784. The highest BCUT2D eigenvalue weighted by molar-refractivity contribution is 7.80. The van der Waals surface area contributed by atoms with Crippen LogP contribution in [0.2, 0.25) is 0 Å². The molecule has 3 N–H and O–H groups in total. The second kappa shape index (κ2) is 9.20. The van der Waals surface area contributed by atoms with Crippen LogP contribution in [0.25, 0.3) is 0 Å². The summed E-state index contributed by atoms with van der Waals surface area (Å²) < 4.78 is 5.36. The number of carbonyl (C=O) groups excluding carboxylic acids is 1. The number of anilines is 1. The standard InChI is InChI=1S/C20H24N2O3S/c1-4-13(3)15-8-11-18(23)17(12-15)21-20(26)22-19(24)14-6-9-16(10-7-14)25-5-2/h6-13,23H,4-5H2,1-3H3,(H2,21,22,24,26). The number of aromatic hydroxyl groups is 1. The molecule has 26 heavy (non-hydrogen) atoms. The van der Waals surface area contributed by atoms with Gasteiger partial charge in [0.05, 0.1) is 12.3 Å². The molecular weight excluding hydrogens is 348 g/mol. The van der Waals surface area contributed by atoms with Crippen molar-refractivity contribution in [2.75, 3.05) is 11.9 Å². The third-order valence-electron chi connectivity index (χ3n) is 4.10. The largest absolute Gasteiger partial charge is 0.506 e. The SMILES string of the molecule is CCOc1ccc(C(=O)NC(=S)Nc2cc(C(C)CC)ccc2O)cc1. The van der Waals surface area contributed by atoms with Crippen LogP contribution >= 0.6 is 12.2 Å². The van der Waals surface area contributed by atoms with Gasteiger partial charge in [0.1, 0.15) is 11.5 Å². The summed E-state index contributed by atoms with van der Waals surface area (Å²) in [4.78, 5) is 12.3. The fraction of sp³-hybridized carbons (Fsp3) is 0.300. The molecule has 5 nitrogen and oxygen atoms in total. The van der Waals surface area contributed by atoms with E-state index in [-0.39, 0.29) is 16.8 Å². The van der Waals surface area contributed by atoms with E-state index in [2.05, 4.69) is 24.5 Å². The number of carbonyl (C=O) groups is 1. The number of nitrogens with one attached hydrogen (secondary N) is 2. The molecule has 1 atom stereocenters. The minimum atomic E-state index is -0.330. The van der Waals surface area contributed by atoms with Crippen molar-refractivity contribution in [3.8, 4) is 11.5 Å². The molecule has 0 aliphatic carbocycles. The Morgan fingerprint density at radius 1 is 1.19 bits per heavy atom. The summed E-state index contributed by atoms with van der Waals surface area (Å²) in [5, 5.41) is 15.6. The van der Waals surface area contributed by atoms with Crippen molar-refractivity contribution >= 4 is 28.9 Å². The summed E-state index contributed by atoms with van der Waals surface area (Å²) in [5.74, 6) is 0.817. The lowest BCUT2D eigenvalue weighted by Crippen LogP contribution is -2.34. The molecule has 0 spiro atoms. The molecule has 0 heterocycles. The quantitative estimate of drug-likeness (QED) is 0.517. The lowest BCUT2D eigenvalue weighted by Gasteiger charge is -2.15. The van der Waals surface area contributed by atoms with Gasteiger partial charge in [0.25, 0.3) is 5.91 Å². The molecule has 0 bridgehead atoms. The van der Waals surface area contributed by atoms with Gasteiger partial charge in [0.2, 0.25) is 0 Å². The van der Waals surface area contributed by atoms with E-state index in [9.17, 15) is 9.90 Å². The van der Waals surface area contributed by atoms with Crippen molar-refractivity contribution in [1.29, 1.82) is 0 Å². The van der Waals surface area contributed by atoms with Gasteiger partial charge in [-0.2, -0.15) is 0 Å². The highest BCUT2D eigenvalue weighted by atomic mass is 32.1. The Morgan fingerprint density at radius 3 is 2.50 bits per heavy atom. The Hall–Kier alpha value is -2.60. The van der Waals surface area contributed by atoms with Crippen LogP contribution in [0, 0.1) is 0 Å². The molecular formula is C20H24N2O3S. The lowest BCUT2D eigenvalue weighted by molar-refractivity contribution is 0.0977. The summed E-state index contributed by atoms with van der Waals surface area (Å²) >= 11 is 5.20. The average molecular weight is 372 g/mol. The van der Waals surface area contributed by atoms with Crippen LogP contribution in [0.5, 0.6) is 11.5 Å². The number of hydrogen-bond donors (Lipinski definition) is 3. The third kappa shape index (κ3) is 5.20. The average Bonchev–Trinajstić information content (AvgIpc) is 2.63. The molecule has 2 rings (SSSR count). The topological polar surface area (TPSA) is 70.6 Å². The number of hydrogen-bond acceptors (Lipinski definition) is 4. The smallest absolute Gasteiger partial charge is 0.257 e. The van der Waals surface area contributed by atoms with Crippen LogP contribution < -0.4 is 15.4 Å². The fourth-order valence-corrected chi connectivity index (χ4v) is 2.60. The van der Waals surface area contributed by atoms with Gasteiger partial charge in [0, 0.05) is 5.56 Å². The normalized spacial score (nSPS) is 11.5. The minimum Gasteiger partial charge on any atom is -0.506 e. The predicted octanol–water partition coefficient (Wildman–Crippen LogP) is 4.43. The zero-order valence-electron chi connectivity index (χ0n) is 15.2. The summed E-state index contributed by atoms with van der Waals surface area (Å²) in [5.41, 5.74) is 2.03. The molecule has 138 valence electrons. The number of phenolic OH excluding ortho intramolecular Hbond substituents is 1. The molecule has 0 saturated carbocycles.